The van der Waals surface area contributed by atoms with E-state index in [1.807, 2.05) is 42.6 Å². The highest BCUT2D eigenvalue weighted by molar-refractivity contribution is 5.83. The Morgan fingerprint density at radius 2 is 2.00 bits per heavy atom. The van der Waals surface area contributed by atoms with Crippen LogP contribution in [0.25, 0.3) is 10.9 Å². The van der Waals surface area contributed by atoms with E-state index in [2.05, 4.69) is 20.6 Å². The summed E-state index contributed by atoms with van der Waals surface area (Å²) in [7, 11) is 3.45. The summed E-state index contributed by atoms with van der Waals surface area (Å²) in [5.74, 6) is 0.489. The van der Waals surface area contributed by atoms with Crippen molar-refractivity contribution in [2.45, 2.75) is 12.5 Å². The largest absolute Gasteiger partial charge is 0.375 e. The van der Waals surface area contributed by atoms with Gasteiger partial charge in [-0.25, -0.2) is 4.39 Å². The number of ether oxygens (including phenoxy) is 1. The molecule has 27 heavy (non-hydrogen) atoms. The molecule has 0 aliphatic heterocycles. The average Bonchev–Trinajstić information content (AvgIpc) is 3.09. The standard InChI is InChI=1S/C21H25FN4O/c1-23-21(26-14-20(27-2)15-6-4-3-5-7-15)24-11-10-16-13-25-19-12-17(22)8-9-18(16)19/h3-9,12-13,20,25H,10-11,14H2,1-2H3,(H2,23,24,26). The maximum atomic E-state index is 13.3. The van der Waals surface area contributed by atoms with Gasteiger partial charge < -0.3 is 20.4 Å². The van der Waals surface area contributed by atoms with Gasteiger partial charge >= 0.3 is 0 Å². The first kappa shape index (κ1) is 18.9. The van der Waals surface area contributed by atoms with Crippen molar-refractivity contribution in [1.82, 2.24) is 15.6 Å². The van der Waals surface area contributed by atoms with E-state index in [4.69, 9.17) is 4.74 Å². The van der Waals surface area contributed by atoms with Crippen LogP contribution in [0.2, 0.25) is 0 Å². The Bertz CT molecular complexity index is 892. The highest BCUT2D eigenvalue weighted by atomic mass is 19.1. The Labute approximate surface area is 158 Å². The molecule has 5 nitrogen and oxygen atoms in total. The summed E-state index contributed by atoms with van der Waals surface area (Å²) in [5, 5.41) is 7.66. The van der Waals surface area contributed by atoms with Gasteiger partial charge in [-0.3, -0.25) is 4.99 Å². The van der Waals surface area contributed by atoms with E-state index in [0.717, 1.165) is 34.4 Å². The van der Waals surface area contributed by atoms with Crippen LogP contribution in [0.15, 0.2) is 59.7 Å². The minimum absolute atomic E-state index is 0.0479. The van der Waals surface area contributed by atoms with Gasteiger partial charge in [0, 0.05) is 44.3 Å². The number of methoxy groups -OCH3 is 1. The van der Waals surface area contributed by atoms with Crippen LogP contribution >= 0.6 is 0 Å². The monoisotopic (exact) mass is 368 g/mol. The molecule has 1 aromatic heterocycles. The zero-order valence-electron chi connectivity index (χ0n) is 15.6. The molecule has 3 N–H and O–H groups in total. The molecule has 0 saturated carbocycles. The van der Waals surface area contributed by atoms with E-state index in [-0.39, 0.29) is 11.9 Å². The molecule has 142 valence electrons. The normalized spacial score (nSPS) is 12.9. The lowest BCUT2D eigenvalue weighted by Crippen LogP contribution is -2.40. The summed E-state index contributed by atoms with van der Waals surface area (Å²) in [6.07, 6.45) is 2.69. The Morgan fingerprint density at radius 3 is 2.74 bits per heavy atom. The number of guanidine groups is 1. The lowest BCUT2D eigenvalue weighted by Gasteiger charge is -2.18. The van der Waals surface area contributed by atoms with Crippen molar-refractivity contribution in [3.63, 3.8) is 0 Å². The summed E-state index contributed by atoms with van der Waals surface area (Å²) >= 11 is 0. The van der Waals surface area contributed by atoms with Crippen LogP contribution in [-0.2, 0) is 11.2 Å². The molecule has 0 spiro atoms. The van der Waals surface area contributed by atoms with Gasteiger partial charge in [0.25, 0.3) is 0 Å². The molecule has 1 unspecified atom stereocenters. The fourth-order valence-electron chi connectivity index (χ4n) is 3.10. The molecule has 6 heteroatoms. The Morgan fingerprint density at radius 1 is 1.19 bits per heavy atom. The third-order valence-corrected chi connectivity index (χ3v) is 4.55. The van der Waals surface area contributed by atoms with Crippen LogP contribution in [0.1, 0.15) is 17.2 Å². The second-order valence-electron chi connectivity index (χ2n) is 6.27. The molecule has 0 bridgehead atoms. The first-order valence-corrected chi connectivity index (χ1v) is 8.99. The van der Waals surface area contributed by atoms with Crippen LogP contribution in [0.5, 0.6) is 0 Å². The van der Waals surface area contributed by atoms with Crippen LogP contribution in [-0.4, -0.2) is 38.2 Å². The number of aromatic amines is 1. The highest BCUT2D eigenvalue weighted by Crippen LogP contribution is 2.19. The second-order valence-corrected chi connectivity index (χ2v) is 6.27. The molecule has 0 saturated heterocycles. The van der Waals surface area contributed by atoms with Crippen molar-refractivity contribution in [1.29, 1.82) is 0 Å². The van der Waals surface area contributed by atoms with Gasteiger partial charge in [-0.05, 0) is 35.7 Å². The molecule has 1 atom stereocenters. The van der Waals surface area contributed by atoms with Gasteiger partial charge in [0.1, 0.15) is 5.82 Å². The first-order valence-electron chi connectivity index (χ1n) is 8.99. The number of hydrogen-bond acceptors (Lipinski definition) is 2. The van der Waals surface area contributed by atoms with Crippen molar-refractivity contribution in [3.8, 4) is 0 Å². The van der Waals surface area contributed by atoms with Crippen LogP contribution < -0.4 is 10.6 Å². The Hall–Kier alpha value is -2.86. The molecule has 3 rings (SSSR count). The van der Waals surface area contributed by atoms with Crippen molar-refractivity contribution in [2.75, 3.05) is 27.2 Å². The van der Waals surface area contributed by atoms with E-state index >= 15 is 0 Å². The third kappa shape index (κ3) is 4.86. The average molecular weight is 368 g/mol. The van der Waals surface area contributed by atoms with Gasteiger partial charge in [0.15, 0.2) is 5.96 Å². The summed E-state index contributed by atoms with van der Waals surface area (Å²) in [4.78, 5) is 7.38. The SMILES string of the molecule is CN=C(NCCc1c[nH]c2cc(F)ccc12)NCC(OC)c1ccccc1. The summed E-state index contributed by atoms with van der Waals surface area (Å²) < 4.78 is 18.9. The van der Waals surface area contributed by atoms with Crippen LogP contribution in [0.3, 0.4) is 0 Å². The maximum Gasteiger partial charge on any atom is 0.191 e. The van der Waals surface area contributed by atoms with Crippen LogP contribution in [0.4, 0.5) is 4.39 Å². The third-order valence-electron chi connectivity index (χ3n) is 4.55. The molecule has 3 aromatic rings. The number of hydrogen-bond donors (Lipinski definition) is 3. The molecule has 0 aliphatic rings. The number of rotatable bonds is 7. The lowest BCUT2D eigenvalue weighted by molar-refractivity contribution is 0.106. The van der Waals surface area contributed by atoms with E-state index in [9.17, 15) is 4.39 Å². The zero-order chi connectivity index (χ0) is 19.1. The van der Waals surface area contributed by atoms with Gasteiger partial charge in [-0.2, -0.15) is 0 Å². The minimum Gasteiger partial charge on any atom is -0.375 e. The second kappa shape index (κ2) is 9.19. The molecule has 0 amide bonds. The Kier molecular flexibility index (Phi) is 6.44. The van der Waals surface area contributed by atoms with Gasteiger partial charge in [-0.1, -0.05) is 30.3 Å². The number of halogens is 1. The predicted octanol–water partition coefficient (Wildman–Crippen LogP) is 3.40. The number of nitrogens with one attached hydrogen (secondary N) is 3. The van der Waals surface area contributed by atoms with E-state index in [1.165, 1.54) is 12.1 Å². The smallest absolute Gasteiger partial charge is 0.191 e. The molecule has 0 aliphatic carbocycles. The van der Waals surface area contributed by atoms with Crippen molar-refractivity contribution < 1.29 is 9.13 Å². The zero-order valence-corrected chi connectivity index (χ0v) is 15.6. The highest BCUT2D eigenvalue weighted by Gasteiger charge is 2.11. The minimum atomic E-state index is -0.232. The first-order chi connectivity index (χ1) is 13.2. The molecule has 1 heterocycles. The molecular weight excluding hydrogens is 343 g/mol. The van der Waals surface area contributed by atoms with Crippen LogP contribution in [0, 0.1) is 5.82 Å². The Balaban J connectivity index is 1.51. The number of aromatic nitrogens is 1. The molecule has 2 aromatic carbocycles. The van der Waals surface area contributed by atoms with E-state index in [1.54, 1.807) is 14.2 Å². The fourth-order valence-corrected chi connectivity index (χ4v) is 3.10. The number of benzene rings is 2. The quantitative estimate of drug-likeness (QED) is 0.442. The van der Waals surface area contributed by atoms with Gasteiger partial charge in [-0.15, -0.1) is 0 Å². The van der Waals surface area contributed by atoms with Gasteiger partial charge in [0.05, 0.1) is 6.10 Å². The summed E-state index contributed by atoms with van der Waals surface area (Å²) in [6.45, 7) is 1.33. The van der Waals surface area contributed by atoms with Crippen molar-refractivity contribution in [2.24, 2.45) is 4.99 Å². The molecular formula is C21H25FN4O. The molecule has 0 fully saturated rings. The van der Waals surface area contributed by atoms with Crippen molar-refractivity contribution >= 4 is 16.9 Å². The van der Waals surface area contributed by atoms with E-state index in [0.29, 0.717) is 13.1 Å². The predicted molar refractivity (Wildman–Crippen MR) is 108 cm³/mol. The maximum absolute atomic E-state index is 13.3. The van der Waals surface area contributed by atoms with Crippen molar-refractivity contribution in [3.05, 3.63) is 71.7 Å². The number of H-pyrrole nitrogens is 1. The topological polar surface area (TPSA) is 61.4 Å². The number of fused-ring (bicyclic) bond motifs is 1. The lowest BCUT2D eigenvalue weighted by atomic mass is 10.1. The number of aliphatic imine (C=N–C) groups is 1. The summed E-state index contributed by atoms with van der Waals surface area (Å²) in [5.41, 5.74) is 3.08. The fraction of sp³-hybridized carbons (Fsp3) is 0.286. The number of nitrogens with zero attached hydrogens (tertiary/aromatic N) is 1. The summed E-state index contributed by atoms with van der Waals surface area (Å²) in [6, 6.07) is 14.9. The molecule has 0 radical (unpaired) electrons. The van der Waals surface area contributed by atoms with Gasteiger partial charge in [0.2, 0.25) is 0 Å². The van der Waals surface area contributed by atoms with E-state index < -0.39 is 0 Å².